The van der Waals surface area contributed by atoms with Crippen LogP contribution in [0.3, 0.4) is 0 Å². The minimum Gasteiger partial charge on any atom is -0.444 e. The molecule has 0 aliphatic carbocycles. The van der Waals surface area contributed by atoms with Crippen LogP contribution in [0.2, 0.25) is 0 Å². The lowest BCUT2D eigenvalue weighted by atomic mass is 10.2. The van der Waals surface area contributed by atoms with Crippen LogP contribution in [-0.4, -0.2) is 62.2 Å². The third-order valence-corrected chi connectivity index (χ3v) is 4.96. The van der Waals surface area contributed by atoms with Gasteiger partial charge >= 0.3 is 6.09 Å². The van der Waals surface area contributed by atoms with Crippen LogP contribution < -0.4 is 5.32 Å². The van der Waals surface area contributed by atoms with Gasteiger partial charge in [-0.1, -0.05) is 6.92 Å². The Bertz CT molecular complexity index is 442. The molecule has 21 heavy (non-hydrogen) atoms. The van der Waals surface area contributed by atoms with Crippen molar-refractivity contribution in [2.24, 2.45) is 0 Å². The largest absolute Gasteiger partial charge is 0.444 e. The van der Waals surface area contributed by atoms with Crippen LogP contribution >= 0.6 is 0 Å². The van der Waals surface area contributed by atoms with E-state index in [2.05, 4.69) is 5.32 Å². The van der Waals surface area contributed by atoms with Gasteiger partial charge in [-0.05, 0) is 33.6 Å². The highest BCUT2D eigenvalue weighted by molar-refractivity contribution is 7.91. The SMILES string of the molecule is CCCN(CCNC1CCS(=O)(=O)C1)C(=O)OC(C)(C)C. The van der Waals surface area contributed by atoms with Crippen molar-refractivity contribution in [2.75, 3.05) is 31.1 Å². The van der Waals surface area contributed by atoms with Crippen LogP contribution in [0.4, 0.5) is 4.79 Å². The zero-order chi connectivity index (χ0) is 16.1. The van der Waals surface area contributed by atoms with Crippen LogP contribution in [0.5, 0.6) is 0 Å². The van der Waals surface area contributed by atoms with Crippen molar-refractivity contribution >= 4 is 15.9 Å². The summed E-state index contributed by atoms with van der Waals surface area (Å²) in [5, 5.41) is 3.22. The monoisotopic (exact) mass is 320 g/mol. The first-order valence-electron chi connectivity index (χ1n) is 7.54. The van der Waals surface area contributed by atoms with E-state index in [1.165, 1.54) is 0 Å². The lowest BCUT2D eigenvalue weighted by molar-refractivity contribution is 0.0251. The van der Waals surface area contributed by atoms with Gasteiger partial charge in [-0.15, -0.1) is 0 Å². The van der Waals surface area contributed by atoms with Gasteiger partial charge in [-0.25, -0.2) is 13.2 Å². The summed E-state index contributed by atoms with van der Waals surface area (Å²) >= 11 is 0. The van der Waals surface area contributed by atoms with Gasteiger partial charge in [0.2, 0.25) is 0 Å². The first-order valence-corrected chi connectivity index (χ1v) is 9.37. The zero-order valence-electron chi connectivity index (χ0n) is 13.5. The van der Waals surface area contributed by atoms with E-state index in [1.54, 1.807) is 4.90 Å². The summed E-state index contributed by atoms with van der Waals surface area (Å²) in [6.45, 7) is 9.29. The van der Waals surface area contributed by atoms with Crippen molar-refractivity contribution in [1.82, 2.24) is 10.2 Å². The van der Waals surface area contributed by atoms with E-state index >= 15 is 0 Å². The molecule has 1 fully saturated rings. The van der Waals surface area contributed by atoms with Crippen molar-refractivity contribution < 1.29 is 17.9 Å². The van der Waals surface area contributed by atoms with Gasteiger partial charge in [-0.2, -0.15) is 0 Å². The van der Waals surface area contributed by atoms with Gasteiger partial charge in [0.05, 0.1) is 11.5 Å². The number of amides is 1. The number of carbonyl (C=O) groups is 1. The van der Waals surface area contributed by atoms with Crippen molar-refractivity contribution in [3.05, 3.63) is 0 Å². The van der Waals surface area contributed by atoms with Crippen molar-refractivity contribution in [3.8, 4) is 0 Å². The van der Waals surface area contributed by atoms with Crippen LogP contribution in [0, 0.1) is 0 Å². The molecule has 0 bridgehead atoms. The molecule has 0 aromatic rings. The molecule has 124 valence electrons. The maximum absolute atomic E-state index is 12.1. The van der Waals surface area contributed by atoms with E-state index in [-0.39, 0.29) is 23.6 Å². The molecule has 0 saturated carbocycles. The maximum Gasteiger partial charge on any atom is 0.410 e. The second-order valence-electron chi connectivity index (χ2n) is 6.52. The van der Waals surface area contributed by atoms with E-state index in [9.17, 15) is 13.2 Å². The van der Waals surface area contributed by atoms with E-state index < -0.39 is 15.4 Å². The smallest absolute Gasteiger partial charge is 0.410 e. The van der Waals surface area contributed by atoms with Gasteiger partial charge in [0, 0.05) is 25.7 Å². The molecule has 1 saturated heterocycles. The molecule has 7 heteroatoms. The van der Waals surface area contributed by atoms with Gasteiger partial charge in [0.25, 0.3) is 0 Å². The quantitative estimate of drug-likeness (QED) is 0.801. The number of carbonyl (C=O) groups excluding carboxylic acids is 1. The third-order valence-electron chi connectivity index (χ3n) is 3.19. The molecule has 1 N–H and O–H groups in total. The average molecular weight is 320 g/mol. The standard InChI is InChI=1S/C14H28N2O4S/c1-5-8-16(13(17)20-14(2,3)4)9-7-15-12-6-10-21(18,19)11-12/h12,15H,5-11H2,1-4H3. The molecule has 0 aromatic carbocycles. The number of hydrogen-bond acceptors (Lipinski definition) is 5. The number of sulfone groups is 1. The van der Waals surface area contributed by atoms with Crippen molar-refractivity contribution in [3.63, 3.8) is 0 Å². The predicted molar refractivity (Wildman–Crippen MR) is 83.2 cm³/mol. The molecule has 6 nitrogen and oxygen atoms in total. The van der Waals surface area contributed by atoms with Crippen LogP contribution in [0.25, 0.3) is 0 Å². The van der Waals surface area contributed by atoms with E-state index in [0.29, 0.717) is 26.1 Å². The third kappa shape index (κ3) is 7.13. The normalized spacial score (nSPS) is 21.2. The minimum absolute atomic E-state index is 0.0112. The highest BCUT2D eigenvalue weighted by atomic mass is 32.2. The van der Waals surface area contributed by atoms with Gasteiger partial charge in [0.15, 0.2) is 9.84 Å². The van der Waals surface area contributed by atoms with Crippen molar-refractivity contribution in [1.29, 1.82) is 0 Å². The number of ether oxygens (including phenoxy) is 1. The average Bonchev–Trinajstić information content (AvgIpc) is 2.65. The highest BCUT2D eigenvalue weighted by Gasteiger charge is 2.27. The van der Waals surface area contributed by atoms with Gasteiger partial charge < -0.3 is 15.0 Å². The second-order valence-corrected chi connectivity index (χ2v) is 8.75. The van der Waals surface area contributed by atoms with E-state index in [0.717, 1.165) is 6.42 Å². The minimum atomic E-state index is -2.86. The molecule has 1 unspecified atom stereocenters. The summed E-state index contributed by atoms with van der Waals surface area (Å²) in [5.74, 6) is 0.461. The van der Waals surface area contributed by atoms with Gasteiger partial charge in [0.1, 0.15) is 5.60 Å². The number of nitrogens with one attached hydrogen (secondary N) is 1. The first kappa shape index (κ1) is 18.2. The maximum atomic E-state index is 12.1. The molecule has 1 rings (SSSR count). The summed E-state index contributed by atoms with van der Waals surface area (Å²) < 4.78 is 28.1. The van der Waals surface area contributed by atoms with Crippen molar-refractivity contribution in [2.45, 2.75) is 52.2 Å². The summed E-state index contributed by atoms with van der Waals surface area (Å²) in [5.41, 5.74) is -0.504. The van der Waals surface area contributed by atoms with Crippen LogP contribution in [0.15, 0.2) is 0 Å². The Kier molecular flexibility index (Phi) is 6.46. The molecule has 1 aliphatic rings. The molecule has 0 aromatic heterocycles. The van der Waals surface area contributed by atoms with Crippen LogP contribution in [-0.2, 0) is 14.6 Å². The fourth-order valence-corrected chi connectivity index (χ4v) is 3.96. The Labute approximate surface area is 128 Å². The van der Waals surface area contributed by atoms with Gasteiger partial charge in [-0.3, -0.25) is 0 Å². The Balaban J connectivity index is 2.39. The summed E-state index contributed by atoms with van der Waals surface area (Å²) in [4.78, 5) is 13.7. The number of nitrogens with zero attached hydrogens (tertiary/aromatic N) is 1. The van der Waals surface area contributed by atoms with Crippen LogP contribution in [0.1, 0.15) is 40.5 Å². The molecular formula is C14H28N2O4S. The zero-order valence-corrected chi connectivity index (χ0v) is 14.3. The Morgan fingerprint density at radius 2 is 2.00 bits per heavy atom. The first-order chi connectivity index (χ1) is 9.63. The summed E-state index contributed by atoms with van der Waals surface area (Å²) in [7, 11) is -2.86. The number of hydrogen-bond donors (Lipinski definition) is 1. The summed E-state index contributed by atoms with van der Waals surface area (Å²) in [6.07, 6.45) is 1.20. The highest BCUT2D eigenvalue weighted by Crippen LogP contribution is 2.12. The fraction of sp³-hybridized carbons (Fsp3) is 0.929. The molecule has 1 atom stereocenters. The Morgan fingerprint density at radius 3 is 2.48 bits per heavy atom. The van der Waals surface area contributed by atoms with E-state index in [4.69, 9.17) is 4.74 Å². The topological polar surface area (TPSA) is 75.7 Å². The second kappa shape index (κ2) is 7.45. The number of rotatable bonds is 6. The Hall–Kier alpha value is -0.820. The lowest BCUT2D eigenvalue weighted by Gasteiger charge is -2.27. The molecular weight excluding hydrogens is 292 g/mol. The molecule has 1 heterocycles. The molecule has 0 radical (unpaired) electrons. The molecule has 1 amide bonds. The molecule has 0 spiro atoms. The fourth-order valence-electron chi connectivity index (χ4n) is 2.25. The predicted octanol–water partition coefficient (Wildman–Crippen LogP) is 1.41. The Morgan fingerprint density at radius 1 is 1.33 bits per heavy atom. The summed E-state index contributed by atoms with van der Waals surface area (Å²) in [6, 6.07) is 0.0112. The van der Waals surface area contributed by atoms with E-state index in [1.807, 2.05) is 27.7 Å². The molecule has 1 aliphatic heterocycles. The lowest BCUT2D eigenvalue weighted by Crippen LogP contribution is -2.42.